The van der Waals surface area contributed by atoms with Crippen LogP contribution < -0.4 is 5.73 Å². The van der Waals surface area contributed by atoms with E-state index in [-0.39, 0.29) is 17.4 Å². The molecule has 0 radical (unpaired) electrons. The van der Waals surface area contributed by atoms with Gasteiger partial charge in [-0.2, -0.15) is 0 Å². The number of amides is 1. The molecule has 134 valence electrons. The van der Waals surface area contributed by atoms with Gasteiger partial charge in [0.1, 0.15) is 0 Å². The summed E-state index contributed by atoms with van der Waals surface area (Å²) >= 11 is 0. The van der Waals surface area contributed by atoms with E-state index in [2.05, 4.69) is 18.7 Å². The molecule has 2 aliphatic rings. The molecule has 2 rings (SSSR count). The van der Waals surface area contributed by atoms with Crippen molar-refractivity contribution >= 4 is 5.91 Å². The van der Waals surface area contributed by atoms with Gasteiger partial charge in [0.05, 0.1) is 18.6 Å². The van der Waals surface area contributed by atoms with Gasteiger partial charge in [-0.3, -0.25) is 4.79 Å². The average Bonchev–Trinajstić information content (AvgIpc) is 3.07. The molecule has 0 saturated heterocycles. The van der Waals surface area contributed by atoms with E-state index in [0.29, 0.717) is 25.1 Å². The molecule has 3 atom stereocenters. The van der Waals surface area contributed by atoms with Crippen LogP contribution in [0.1, 0.15) is 58.8 Å². The van der Waals surface area contributed by atoms with Gasteiger partial charge in [0.15, 0.2) is 0 Å². The van der Waals surface area contributed by atoms with Crippen LogP contribution in [0.15, 0.2) is 0 Å². The predicted molar refractivity (Wildman–Crippen MR) is 91.2 cm³/mol. The lowest BCUT2D eigenvalue weighted by molar-refractivity contribution is -0.177. The quantitative estimate of drug-likeness (QED) is 0.706. The molecule has 0 bridgehead atoms. The van der Waals surface area contributed by atoms with Gasteiger partial charge >= 0.3 is 0 Å². The highest BCUT2D eigenvalue weighted by molar-refractivity contribution is 5.77. The Morgan fingerprint density at radius 2 is 2.04 bits per heavy atom. The summed E-state index contributed by atoms with van der Waals surface area (Å²) < 4.78 is 11.3. The summed E-state index contributed by atoms with van der Waals surface area (Å²) in [5.41, 5.74) is 5.89. The summed E-state index contributed by atoms with van der Waals surface area (Å²) in [6.07, 6.45) is 7.43. The summed E-state index contributed by atoms with van der Waals surface area (Å²) in [5.74, 6) is 0.190. The van der Waals surface area contributed by atoms with Crippen molar-refractivity contribution in [3.8, 4) is 0 Å². The Kier molecular flexibility index (Phi) is 6.86. The lowest BCUT2D eigenvalue weighted by Gasteiger charge is -2.57. The van der Waals surface area contributed by atoms with Crippen molar-refractivity contribution in [2.24, 2.45) is 11.1 Å². The zero-order chi connectivity index (χ0) is 16.9. The topological polar surface area (TPSA) is 64.8 Å². The molecule has 5 heteroatoms. The van der Waals surface area contributed by atoms with Crippen molar-refractivity contribution in [3.05, 3.63) is 0 Å². The first-order chi connectivity index (χ1) is 11.1. The molecular weight excluding hydrogens is 292 g/mol. The Balaban J connectivity index is 2.09. The molecule has 2 saturated carbocycles. The van der Waals surface area contributed by atoms with Gasteiger partial charge < -0.3 is 20.1 Å². The minimum Gasteiger partial charge on any atom is -0.380 e. The number of nitrogens with two attached hydrogens (primary N) is 1. The molecule has 1 amide bonds. The Labute approximate surface area is 140 Å². The highest BCUT2D eigenvalue weighted by atomic mass is 16.5. The third-order valence-electron chi connectivity index (χ3n) is 5.80. The van der Waals surface area contributed by atoms with Crippen LogP contribution >= 0.6 is 0 Å². The maximum Gasteiger partial charge on any atom is 0.225 e. The second-order valence-corrected chi connectivity index (χ2v) is 7.02. The van der Waals surface area contributed by atoms with Crippen molar-refractivity contribution in [2.45, 2.75) is 77.0 Å². The van der Waals surface area contributed by atoms with Crippen LogP contribution in [0.3, 0.4) is 0 Å². The fourth-order valence-corrected chi connectivity index (χ4v) is 4.56. The average molecular weight is 326 g/mol. The summed E-state index contributed by atoms with van der Waals surface area (Å²) in [5, 5.41) is 0. The molecule has 1 spiro atoms. The molecular formula is C18H34N2O3. The number of carbonyl (C=O) groups excluding carboxylic acids is 1. The van der Waals surface area contributed by atoms with Crippen molar-refractivity contribution in [2.75, 3.05) is 26.8 Å². The maximum atomic E-state index is 12.8. The van der Waals surface area contributed by atoms with E-state index in [1.165, 1.54) is 25.7 Å². The minimum atomic E-state index is -0.177. The number of hydrogen-bond acceptors (Lipinski definition) is 4. The summed E-state index contributed by atoms with van der Waals surface area (Å²) in [6.45, 7) is 6.18. The molecule has 5 nitrogen and oxygen atoms in total. The van der Waals surface area contributed by atoms with Crippen LogP contribution in [0.5, 0.6) is 0 Å². The summed E-state index contributed by atoms with van der Waals surface area (Å²) in [6, 6.07) is 0.337. The number of hydrogen-bond donors (Lipinski definition) is 1. The molecule has 0 aromatic rings. The molecule has 2 N–H and O–H groups in total. The van der Waals surface area contributed by atoms with Crippen molar-refractivity contribution in [1.29, 1.82) is 0 Å². The van der Waals surface area contributed by atoms with Crippen molar-refractivity contribution in [3.63, 3.8) is 0 Å². The Bertz CT molecular complexity index is 378. The number of ether oxygens (including phenoxy) is 2. The van der Waals surface area contributed by atoms with E-state index in [1.54, 1.807) is 7.11 Å². The van der Waals surface area contributed by atoms with Gasteiger partial charge in [0.2, 0.25) is 5.91 Å². The van der Waals surface area contributed by atoms with E-state index in [1.807, 2.05) is 0 Å². The third kappa shape index (κ3) is 3.72. The van der Waals surface area contributed by atoms with E-state index in [9.17, 15) is 4.79 Å². The second-order valence-electron chi connectivity index (χ2n) is 7.02. The number of rotatable bonds is 9. The smallest absolute Gasteiger partial charge is 0.225 e. The van der Waals surface area contributed by atoms with Crippen LogP contribution in [0, 0.1) is 5.41 Å². The molecule has 3 unspecified atom stereocenters. The van der Waals surface area contributed by atoms with E-state index >= 15 is 0 Å². The van der Waals surface area contributed by atoms with Gasteiger partial charge in [-0.05, 0) is 32.6 Å². The first-order valence-corrected chi connectivity index (χ1v) is 9.26. The van der Waals surface area contributed by atoms with E-state index in [0.717, 1.165) is 26.0 Å². The van der Waals surface area contributed by atoms with Crippen molar-refractivity contribution in [1.82, 2.24) is 4.90 Å². The number of carbonyl (C=O) groups is 1. The van der Waals surface area contributed by atoms with Gasteiger partial charge in [-0.1, -0.05) is 19.8 Å². The normalized spacial score (nSPS) is 27.0. The predicted octanol–water partition coefficient (Wildman–Crippen LogP) is 2.33. The SMILES string of the molecule is CCCN(C(=O)CC(CN)OC)C1CC(OCC)C12CCCC2. The lowest BCUT2D eigenvalue weighted by atomic mass is 9.59. The van der Waals surface area contributed by atoms with Gasteiger partial charge in [0.25, 0.3) is 0 Å². The summed E-state index contributed by atoms with van der Waals surface area (Å²) in [4.78, 5) is 15.0. The standard InChI is InChI=1S/C18H34N2O3/c1-4-10-20(17(21)11-14(13-19)22-3)15-12-16(23-5-2)18(15)8-6-7-9-18/h14-16H,4-13,19H2,1-3H3. The molecule has 2 fully saturated rings. The summed E-state index contributed by atoms with van der Waals surface area (Å²) in [7, 11) is 1.63. The second kappa shape index (κ2) is 8.45. The highest BCUT2D eigenvalue weighted by Crippen LogP contribution is 2.56. The molecule has 0 aliphatic heterocycles. The van der Waals surface area contributed by atoms with Crippen LogP contribution in [0.4, 0.5) is 0 Å². The zero-order valence-electron chi connectivity index (χ0n) is 15.1. The Morgan fingerprint density at radius 3 is 2.57 bits per heavy atom. The van der Waals surface area contributed by atoms with Crippen LogP contribution in [0.25, 0.3) is 0 Å². The minimum absolute atomic E-state index is 0.177. The largest absolute Gasteiger partial charge is 0.380 e. The first kappa shape index (κ1) is 18.7. The van der Waals surface area contributed by atoms with Crippen molar-refractivity contribution < 1.29 is 14.3 Å². The number of methoxy groups -OCH3 is 1. The molecule has 2 aliphatic carbocycles. The molecule has 23 heavy (non-hydrogen) atoms. The van der Waals surface area contributed by atoms with Gasteiger partial charge in [-0.25, -0.2) is 0 Å². The molecule has 0 heterocycles. The van der Waals surface area contributed by atoms with Gasteiger partial charge in [-0.15, -0.1) is 0 Å². The zero-order valence-corrected chi connectivity index (χ0v) is 15.1. The van der Waals surface area contributed by atoms with Gasteiger partial charge in [0, 0.05) is 38.3 Å². The fraction of sp³-hybridized carbons (Fsp3) is 0.944. The van der Waals surface area contributed by atoms with Crippen LogP contribution in [-0.4, -0.2) is 55.9 Å². The van der Waals surface area contributed by atoms with E-state index in [4.69, 9.17) is 15.2 Å². The Hall–Kier alpha value is -0.650. The van der Waals surface area contributed by atoms with E-state index < -0.39 is 0 Å². The van der Waals surface area contributed by atoms with Crippen LogP contribution in [-0.2, 0) is 14.3 Å². The highest BCUT2D eigenvalue weighted by Gasteiger charge is 2.59. The number of nitrogens with zero attached hydrogens (tertiary/aromatic N) is 1. The first-order valence-electron chi connectivity index (χ1n) is 9.26. The third-order valence-corrected chi connectivity index (χ3v) is 5.80. The molecule has 0 aromatic heterocycles. The fourth-order valence-electron chi connectivity index (χ4n) is 4.56. The Morgan fingerprint density at radius 1 is 1.35 bits per heavy atom. The monoisotopic (exact) mass is 326 g/mol. The van der Waals surface area contributed by atoms with Crippen LogP contribution in [0.2, 0.25) is 0 Å². The molecule has 0 aromatic carbocycles. The maximum absolute atomic E-state index is 12.8. The lowest BCUT2D eigenvalue weighted by Crippen LogP contribution is -2.65.